The molecular weight excluding hydrogens is 361 g/mol. The number of benzene rings is 1. The maximum Gasteiger partial charge on any atom is 0.243 e. The van der Waals surface area contributed by atoms with Gasteiger partial charge >= 0.3 is 0 Å². The highest BCUT2D eigenvalue weighted by Crippen LogP contribution is 2.33. The van der Waals surface area contributed by atoms with Crippen molar-refractivity contribution in [3.63, 3.8) is 0 Å². The molecule has 0 aliphatic carbocycles. The zero-order valence-electron chi connectivity index (χ0n) is 11.4. The predicted octanol–water partition coefficient (Wildman–Crippen LogP) is 3.69. The molecule has 1 N–H and O–H groups in total. The fourth-order valence-electron chi connectivity index (χ4n) is 2.72. The van der Waals surface area contributed by atoms with Crippen LogP contribution < -0.4 is 5.32 Å². The SMILES string of the molecule is CC(Cl)c1nc2cc(Br)c(F)cc2n1C1CCCNC1=O. The molecule has 1 fully saturated rings. The van der Waals surface area contributed by atoms with E-state index in [9.17, 15) is 9.18 Å². The molecule has 1 amide bonds. The van der Waals surface area contributed by atoms with Gasteiger partial charge in [-0.15, -0.1) is 11.6 Å². The molecule has 1 aromatic heterocycles. The van der Waals surface area contributed by atoms with E-state index < -0.39 is 0 Å². The Morgan fingerprint density at radius 3 is 3.00 bits per heavy atom. The van der Waals surface area contributed by atoms with Gasteiger partial charge in [-0.25, -0.2) is 9.37 Å². The number of carbonyl (C=O) groups is 1. The van der Waals surface area contributed by atoms with Gasteiger partial charge in [0.1, 0.15) is 17.7 Å². The number of hydrogen-bond acceptors (Lipinski definition) is 2. The molecule has 2 aromatic rings. The Balaban J connectivity index is 2.24. The number of aromatic nitrogens is 2. The summed E-state index contributed by atoms with van der Waals surface area (Å²) in [6.07, 6.45) is 1.58. The molecule has 2 unspecified atom stereocenters. The fraction of sp³-hybridized carbons (Fsp3) is 0.429. The van der Waals surface area contributed by atoms with Crippen molar-refractivity contribution < 1.29 is 9.18 Å². The van der Waals surface area contributed by atoms with Gasteiger partial charge in [0.05, 0.1) is 20.9 Å². The predicted molar refractivity (Wildman–Crippen MR) is 82.9 cm³/mol. The number of hydrogen-bond donors (Lipinski definition) is 1. The molecule has 1 aliphatic heterocycles. The second-order valence-corrected chi connectivity index (χ2v) is 6.67. The maximum absolute atomic E-state index is 13.9. The van der Waals surface area contributed by atoms with Gasteiger partial charge in [0, 0.05) is 12.6 Å². The topological polar surface area (TPSA) is 46.9 Å². The lowest BCUT2D eigenvalue weighted by Crippen LogP contribution is -2.38. The fourth-order valence-corrected chi connectivity index (χ4v) is 3.20. The van der Waals surface area contributed by atoms with Crippen molar-refractivity contribution in [1.82, 2.24) is 14.9 Å². The summed E-state index contributed by atoms with van der Waals surface area (Å²) in [5.74, 6) is 0.141. The van der Waals surface area contributed by atoms with E-state index in [1.807, 2.05) is 0 Å². The number of rotatable bonds is 2. The highest BCUT2D eigenvalue weighted by Gasteiger charge is 2.29. The summed E-state index contributed by atoms with van der Waals surface area (Å²) >= 11 is 9.36. The monoisotopic (exact) mass is 373 g/mol. The molecule has 2 atom stereocenters. The number of nitrogens with zero attached hydrogens (tertiary/aromatic N) is 2. The average Bonchev–Trinajstić information content (AvgIpc) is 2.78. The van der Waals surface area contributed by atoms with Gasteiger partial charge in [0.15, 0.2) is 0 Å². The Bertz CT molecular complexity index is 716. The van der Waals surface area contributed by atoms with E-state index in [4.69, 9.17) is 11.6 Å². The minimum Gasteiger partial charge on any atom is -0.354 e. The molecule has 2 heterocycles. The Morgan fingerprint density at radius 2 is 2.33 bits per heavy atom. The first-order valence-electron chi connectivity index (χ1n) is 6.77. The van der Waals surface area contributed by atoms with Crippen LogP contribution in [0, 0.1) is 5.82 Å². The average molecular weight is 375 g/mol. The summed E-state index contributed by atoms with van der Waals surface area (Å²) in [5, 5.41) is 2.48. The molecule has 4 nitrogen and oxygen atoms in total. The van der Waals surface area contributed by atoms with Crippen LogP contribution in [-0.2, 0) is 4.79 Å². The molecular formula is C14H14BrClFN3O. The van der Waals surface area contributed by atoms with Gasteiger partial charge in [-0.2, -0.15) is 0 Å². The van der Waals surface area contributed by atoms with Gasteiger partial charge in [0.25, 0.3) is 0 Å². The molecule has 1 aliphatic rings. The third-order valence-corrected chi connectivity index (χ3v) is 4.49. The largest absolute Gasteiger partial charge is 0.354 e. The molecule has 1 saturated heterocycles. The first-order chi connectivity index (χ1) is 9.99. The van der Waals surface area contributed by atoms with E-state index in [-0.39, 0.29) is 23.1 Å². The van der Waals surface area contributed by atoms with E-state index in [1.165, 1.54) is 6.07 Å². The van der Waals surface area contributed by atoms with Crippen LogP contribution in [0.2, 0.25) is 0 Å². The number of carbonyl (C=O) groups excluding carboxylic acids is 1. The van der Waals surface area contributed by atoms with Crippen LogP contribution in [0.4, 0.5) is 4.39 Å². The third-order valence-electron chi connectivity index (χ3n) is 3.68. The highest BCUT2D eigenvalue weighted by molar-refractivity contribution is 9.10. The minimum atomic E-state index is -0.388. The van der Waals surface area contributed by atoms with Crippen molar-refractivity contribution in [1.29, 1.82) is 0 Å². The summed E-state index contributed by atoms with van der Waals surface area (Å²) in [7, 11) is 0. The second-order valence-electron chi connectivity index (χ2n) is 5.16. The van der Waals surface area contributed by atoms with Crippen molar-refractivity contribution in [3.05, 3.63) is 28.2 Å². The highest BCUT2D eigenvalue weighted by atomic mass is 79.9. The minimum absolute atomic E-state index is 0.0672. The molecule has 7 heteroatoms. The van der Waals surface area contributed by atoms with Crippen molar-refractivity contribution in [2.75, 3.05) is 6.54 Å². The second kappa shape index (κ2) is 5.57. The summed E-state index contributed by atoms with van der Waals surface area (Å²) < 4.78 is 16.0. The Kier molecular flexibility index (Phi) is 3.92. The first-order valence-corrected chi connectivity index (χ1v) is 8.00. The van der Waals surface area contributed by atoms with E-state index in [0.717, 1.165) is 6.42 Å². The Hall–Kier alpha value is -1.14. The molecule has 0 radical (unpaired) electrons. The quantitative estimate of drug-likeness (QED) is 0.815. The maximum atomic E-state index is 13.9. The molecule has 3 rings (SSSR count). The van der Waals surface area contributed by atoms with E-state index in [0.29, 0.717) is 34.3 Å². The van der Waals surface area contributed by atoms with Crippen LogP contribution in [0.15, 0.2) is 16.6 Å². The van der Waals surface area contributed by atoms with E-state index >= 15 is 0 Å². The molecule has 112 valence electrons. The molecule has 0 spiro atoms. The first kappa shape index (κ1) is 14.8. The van der Waals surface area contributed by atoms with Crippen LogP contribution in [0.5, 0.6) is 0 Å². The summed E-state index contributed by atoms with van der Waals surface area (Å²) in [6, 6.07) is 2.63. The number of alkyl halides is 1. The zero-order chi connectivity index (χ0) is 15.1. The molecule has 0 saturated carbocycles. The zero-order valence-corrected chi connectivity index (χ0v) is 13.7. The van der Waals surface area contributed by atoms with Crippen molar-refractivity contribution in [3.8, 4) is 0 Å². The van der Waals surface area contributed by atoms with Crippen LogP contribution in [0.25, 0.3) is 11.0 Å². The van der Waals surface area contributed by atoms with Crippen LogP contribution in [-0.4, -0.2) is 22.0 Å². The summed E-state index contributed by atoms with van der Waals surface area (Å²) in [6.45, 7) is 2.47. The number of piperidine rings is 1. The smallest absolute Gasteiger partial charge is 0.243 e. The van der Waals surface area contributed by atoms with Gasteiger partial charge in [-0.05, 0) is 41.8 Å². The van der Waals surface area contributed by atoms with Gasteiger partial charge in [-0.3, -0.25) is 4.79 Å². The van der Waals surface area contributed by atoms with Gasteiger partial charge < -0.3 is 9.88 Å². The normalized spacial score (nSPS) is 20.6. The van der Waals surface area contributed by atoms with Gasteiger partial charge in [-0.1, -0.05) is 0 Å². The van der Waals surface area contributed by atoms with E-state index in [2.05, 4.69) is 26.2 Å². The molecule has 1 aromatic carbocycles. The standard InChI is InChI=1S/C14H14BrClFN3O/c1-7(16)13-19-10-5-8(15)9(17)6-12(10)20(13)11-3-2-4-18-14(11)21/h5-7,11H,2-4H2,1H3,(H,18,21). The van der Waals surface area contributed by atoms with Crippen molar-refractivity contribution >= 4 is 44.5 Å². The molecule has 21 heavy (non-hydrogen) atoms. The van der Waals surface area contributed by atoms with Crippen LogP contribution >= 0.6 is 27.5 Å². The number of fused-ring (bicyclic) bond motifs is 1. The van der Waals surface area contributed by atoms with Crippen molar-refractivity contribution in [2.45, 2.75) is 31.2 Å². The van der Waals surface area contributed by atoms with Gasteiger partial charge in [0.2, 0.25) is 5.91 Å². The molecule has 0 bridgehead atoms. The Morgan fingerprint density at radius 1 is 1.57 bits per heavy atom. The lowest BCUT2D eigenvalue weighted by Gasteiger charge is -2.25. The van der Waals surface area contributed by atoms with Crippen LogP contribution in [0.1, 0.15) is 37.0 Å². The van der Waals surface area contributed by atoms with Crippen LogP contribution in [0.3, 0.4) is 0 Å². The van der Waals surface area contributed by atoms with E-state index in [1.54, 1.807) is 17.6 Å². The number of amides is 1. The number of imidazole rings is 1. The lowest BCUT2D eigenvalue weighted by molar-refractivity contribution is -0.125. The summed E-state index contributed by atoms with van der Waals surface area (Å²) in [4.78, 5) is 16.6. The number of halogens is 3. The Labute approximate surface area is 134 Å². The van der Waals surface area contributed by atoms with Crippen molar-refractivity contribution in [2.24, 2.45) is 0 Å². The summed E-state index contributed by atoms with van der Waals surface area (Å²) in [5.41, 5.74) is 1.23. The number of nitrogens with one attached hydrogen (secondary N) is 1. The lowest BCUT2D eigenvalue weighted by atomic mass is 10.1. The third kappa shape index (κ3) is 2.55.